The van der Waals surface area contributed by atoms with Crippen LogP contribution in [0.5, 0.6) is 11.6 Å². The standard InChI is InChI=1S/C15H19NO2S/c1-4-10-19-14-11-8-9-16-15(17-3)12(11)6-7-13(14)18-5-2/h6-9H,4-5,10H2,1-3H3. The molecule has 4 heteroatoms. The summed E-state index contributed by atoms with van der Waals surface area (Å²) >= 11 is 1.83. The van der Waals surface area contributed by atoms with Crippen LogP contribution in [0.4, 0.5) is 0 Å². The number of benzene rings is 1. The number of hydrogen-bond acceptors (Lipinski definition) is 4. The SMILES string of the molecule is CCCSc1c(OCC)ccc2c(OC)nccc12. The van der Waals surface area contributed by atoms with Crippen LogP contribution < -0.4 is 9.47 Å². The predicted octanol–water partition coefficient (Wildman–Crippen LogP) is 4.14. The minimum absolute atomic E-state index is 0.666. The van der Waals surface area contributed by atoms with Gasteiger partial charge in [0, 0.05) is 17.0 Å². The Morgan fingerprint density at radius 2 is 2.00 bits per heavy atom. The number of thioether (sulfide) groups is 1. The highest BCUT2D eigenvalue weighted by atomic mass is 32.2. The van der Waals surface area contributed by atoms with Crippen molar-refractivity contribution in [3.8, 4) is 11.6 Å². The van der Waals surface area contributed by atoms with Gasteiger partial charge in [-0.3, -0.25) is 0 Å². The Bertz CT molecular complexity index is 557. The molecule has 0 aliphatic heterocycles. The molecule has 0 aliphatic rings. The first-order valence-corrected chi connectivity index (χ1v) is 7.51. The number of nitrogens with zero attached hydrogens (tertiary/aromatic N) is 1. The smallest absolute Gasteiger partial charge is 0.221 e. The molecule has 1 aromatic heterocycles. The third kappa shape index (κ3) is 2.95. The van der Waals surface area contributed by atoms with Crippen molar-refractivity contribution in [1.29, 1.82) is 0 Å². The summed E-state index contributed by atoms with van der Waals surface area (Å²) in [6.45, 7) is 4.86. The number of ether oxygens (including phenoxy) is 2. The van der Waals surface area contributed by atoms with E-state index >= 15 is 0 Å². The van der Waals surface area contributed by atoms with Crippen molar-refractivity contribution < 1.29 is 9.47 Å². The molecule has 2 rings (SSSR count). The molecule has 0 amide bonds. The van der Waals surface area contributed by atoms with Gasteiger partial charge in [0.25, 0.3) is 0 Å². The van der Waals surface area contributed by atoms with Crippen LogP contribution in [0.25, 0.3) is 10.8 Å². The third-order valence-electron chi connectivity index (χ3n) is 2.77. The normalized spacial score (nSPS) is 10.7. The minimum atomic E-state index is 0.666. The van der Waals surface area contributed by atoms with E-state index < -0.39 is 0 Å². The van der Waals surface area contributed by atoms with Crippen LogP contribution in [0.15, 0.2) is 29.3 Å². The molecule has 19 heavy (non-hydrogen) atoms. The molecule has 0 unspecified atom stereocenters. The lowest BCUT2D eigenvalue weighted by atomic mass is 10.1. The number of rotatable bonds is 6. The highest BCUT2D eigenvalue weighted by molar-refractivity contribution is 7.99. The second-order valence-corrected chi connectivity index (χ2v) is 5.19. The Balaban J connectivity index is 2.58. The molecular weight excluding hydrogens is 258 g/mol. The molecule has 0 N–H and O–H groups in total. The van der Waals surface area contributed by atoms with Crippen molar-refractivity contribution in [2.75, 3.05) is 19.5 Å². The lowest BCUT2D eigenvalue weighted by molar-refractivity contribution is 0.333. The lowest BCUT2D eigenvalue weighted by Gasteiger charge is -2.13. The number of aromatic nitrogens is 1. The first-order chi connectivity index (χ1) is 9.31. The second kappa shape index (κ2) is 6.66. The molecule has 0 saturated heterocycles. The Morgan fingerprint density at radius 1 is 1.16 bits per heavy atom. The molecule has 0 aliphatic carbocycles. The quantitative estimate of drug-likeness (QED) is 0.742. The third-order valence-corrected chi connectivity index (χ3v) is 4.09. The van der Waals surface area contributed by atoms with Crippen molar-refractivity contribution in [2.45, 2.75) is 25.2 Å². The van der Waals surface area contributed by atoms with E-state index in [9.17, 15) is 0 Å². The van der Waals surface area contributed by atoms with Gasteiger partial charge in [-0.2, -0.15) is 0 Å². The van der Waals surface area contributed by atoms with E-state index in [-0.39, 0.29) is 0 Å². The van der Waals surface area contributed by atoms with Crippen LogP contribution >= 0.6 is 11.8 Å². The summed E-state index contributed by atoms with van der Waals surface area (Å²) in [7, 11) is 1.65. The molecule has 3 nitrogen and oxygen atoms in total. The Labute approximate surface area is 118 Å². The minimum Gasteiger partial charge on any atom is -0.493 e. The van der Waals surface area contributed by atoms with Crippen LogP contribution in [0.3, 0.4) is 0 Å². The zero-order chi connectivity index (χ0) is 13.7. The van der Waals surface area contributed by atoms with Gasteiger partial charge in [-0.05, 0) is 37.3 Å². The van der Waals surface area contributed by atoms with E-state index in [0.717, 1.165) is 28.7 Å². The monoisotopic (exact) mass is 277 g/mol. The first-order valence-electron chi connectivity index (χ1n) is 6.53. The predicted molar refractivity (Wildman–Crippen MR) is 80.5 cm³/mol. The first kappa shape index (κ1) is 14.0. The maximum absolute atomic E-state index is 5.73. The molecule has 1 aromatic carbocycles. The van der Waals surface area contributed by atoms with Gasteiger partial charge in [-0.15, -0.1) is 11.8 Å². The average Bonchev–Trinajstić information content (AvgIpc) is 2.45. The number of hydrogen-bond donors (Lipinski definition) is 0. The summed E-state index contributed by atoms with van der Waals surface area (Å²) < 4.78 is 11.1. The maximum Gasteiger partial charge on any atom is 0.221 e. The summed E-state index contributed by atoms with van der Waals surface area (Å²) in [6, 6.07) is 6.05. The van der Waals surface area contributed by atoms with Gasteiger partial charge in [0.15, 0.2) is 0 Å². The van der Waals surface area contributed by atoms with Crippen LogP contribution in [-0.4, -0.2) is 24.5 Å². The number of methoxy groups -OCH3 is 1. The van der Waals surface area contributed by atoms with E-state index in [2.05, 4.69) is 11.9 Å². The van der Waals surface area contributed by atoms with Crippen molar-refractivity contribution in [3.63, 3.8) is 0 Å². The summed E-state index contributed by atoms with van der Waals surface area (Å²) in [5.74, 6) is 2.68. The van der Waals surface area contributed by atoms with Crippen LogP contribution in [0.1, 0.15) is 20.3 Å². The number of fused-ring (bicyclic) bond motifs is 1. The second-order valence-electron chi connectivity index (χ2n) is 4.09. The summed E-state index contributed by atoms with van der Waals surface area (Å²) in [4.78, 5) is 5.43. The molecule has 2 aromatic rings. The van der Waals surface area contributed by atoms with E-state index in [0.29, 0.717) is 12.5 Å². The highest BCUT2D eigenvalue weighted by Gasteiger charge is 2.12. The molecule has 0 radical (unpaired) electrons. The van der Waals surface area contributed by atoms with E-state index in [1.165, 1.54) is 4.90 Å². The molecule has 102 valence electrons. The molecule has 0 atom stereocenters. The van der Waals surface area contributed by atoms with Crippen molar-refractivity contribution in [3.05, 3.63) is 24.4 Å². The van der Waals surface area contributed by atoms with Gasteiger partial charge < -0.3 is 9.47 Å². The summed E-state index contributed by atoms with van der Waals surface area (Å²) in [5, 5.41) is 2.18. The molecule has 0 saturated carbocycles. The van der Waals surface area contributed by atoms with Crippen LogP contribution in [-0.2, 0) is 0 Å². The van der Waals surface area contributed by atoms with Gasteiger partial charge in [0.2, 0.25) is 5.88 Å². The van der Waals surface area contributed by atoms with Crippen molar-refractivity contribution in [2.24, 2.45) is 0 Å². The van der Waals surface area contributed by atoms with Crippen LogP contribution in [0.2, 0.25) is 0 Å². The fourth-order valence-corrected chi connectivity index (χ4v) is 2.98. The molecule has 0 bridgehead atoms. The van der Waals surface area contributed by atoms with Gasteiger partial charge >= 0.3 is 0 Å². The van der Waals surface area contributed by atoms with Crippen molar-refractivity contribution in [1.82, 2.24) is 4.98 Å². The topological polar surface area (TPSA) is 31.4 Å². The Kier molecular flexibility index (Phi) is 4.91. The zero-order valence-corrected chi connectivity index (χ0v) is 12.4. The Hall–Kier alpha value is -1.42. The fourth-order valence-electron chi connectivity index (χ4n) is 1.97. The highest BCUT2D eigenvalue weighted by Crippen LogP contribution is 2.39. The number of pyridine rings is 1. The fraction of sp³-hybridized carbons (Fsp3) is 0.400. The van der Waals surface area contributed by atoms with Gasteiger partial charge in [0.1, 0.15) is 5.75 Å². The van der Waals surface area contributed by atoms with E-state index in [4.69, 9.17) is 9.47 Å². The average molecular weight is 277 g/mol. The molecule has 1 heterocycles. The maximum atomic E-state index is 5.73. The van der Waals surface area contributed by atoms with E-state index in [1.807, 2.05) is 36.9 Å². The van der Waals surface area contributed by atoms with Gasteiger partial charge in [-0.1, -0.05) is 6.92 Å². The molecule has 0 fully saturated rings. The van der Waals surface area contributed by atoms with Gasteiger partial charge in [-0.25, -0.2) is 4.98 Å². The largest absolute Gasteiger partial charge is 0.493 e. The molecular formula is C15H19NO2S. The summed E-state index contributed by atoms with van der Waals surface area (Å²) in [5.41, 5.74) is 0. The van der Waals surface area contributed by atoms with Crippen molar-refractivity contribution >= 4 is 22.5 Å². The van der Waals surface area contributed by atoms with Crippen LogP contribution in [0, 0.1) is 0 Å². The lowest BCUT2D eigenvalue weighted by Crippen LogP contribution is -1.96. The zero-order valence-electron chi connectivity index (χ0n) is 11.6. The Morgan fingerprint density at radius 3 is 2.68 bits per heavy atom. The summed E-state index contributed by atoms with van der Waals surface area (Å²) in [6.07, 6.45) is 2.92. The van der Waals surface area contributed by atoms with E-state index in [1.54, 1.807) is 13.3 Å². The molecule has 0 spiro atoms. The van der Waals surface area contributed by atoms with Gasteiger partial charge in [0.05, 0.1) is 18.6 Å².